The minimum Gasteiger partial charge on any atom is -0.459 e. The van der Waals surface area contributed by atoms with E-state index in [-0.39, 0.29) is 11.9 Å². The molecule has 4 nitrogen and oxygen atoms in total. The summed E-state index contributed by atoms with van der Waals surface area (Å²) >= 11 is 0. The zero-order valence-electron chi connectivity index (χ0n) is 10.1. The van der Waals surface area contributed by atoms with Crippen molar-refractivity contribution in [1.82, 2.24) is 0 Å². The zero-order chi connectivity index (χ0) is 13.8. The van der Waals surface area contributed by atoms with Gasteiger partial charge in [0.15, 0.2) is 6.17 Å². The second-order valence-electron chi connectivity index (χ2n) is 4.17. The van der Waals surface area contributed by atoms with Crippen molar-refractivity contribution < 1.29 is 23.8 Å². The maximum Gasteiger partial charge on any atom is 0.338 e. The third-order valence-corrected chi connectivity index (χ3v) is 3.46. The van der Waals surface area contributed by atoms with Crippen LogP contribution in [0.25, 0.3) is 0 Å². The van der Waals surface area contributed by atoms with Crippen LogP contribution in [0.15, 0.2) is 30.3 Å². The van der Waals surface area contributed by atoms with Gasteiger partial charge in [-0.3, -0.25) is 0 Å². The molecule has 0 saturated carbocycles. The number of hydrogen-bond acceptors (Lipinski definition) is 4. The van der Waals surface area contributed by atoms with Crippen molar-refractivity contribution >= 4 is 20.1 Å². The summed E-state index contributed by atoms with van der Waals surface area (Å²) in [5.74, 6) is -0.494. The van der Waals surface area contributed by atoms with E-state index >= 15 is 0 Å². The number of esters is 1. The topological polar surface area (TPSA) is 55.8 Å². The van der Waals surface area contributed by atoms with Crippen molar-refractivity contribution in [2.24, 2.45) is 0 Å². The number of carbonyl (C=O) groups is 1. The number of ether oxygens (including phenoxy) is 2. The fourth-order valence-electron chi connectivity index (χ4n) is 1.80. The standard InChI is InChI=1S/C13H14FO4P/c14-11-9(6-15)18-10(12(11)19)7-17-13(16)8-4-2-1-3-5-8/h1-5,9-11,15,19H,6-7H2/t9?,10-,11-/m1/s1. The molecule has 0 spiro atoms. The first-order chi connectivity index (χ1) is 9.13. The Bertz CT molecular complexity index is 465. The van der Waals surface area contributed by atoms with Crippen molar-refractivity contribution in [2.75, 3.05) is 13.2 Å². The highest BCUT2D eigenvalue weighted by molar-refractivity contribution is 7.21. The Morgan fingerprint density at radius 3 is 2.68 bits per heavy atom. The molecule has 0 radical (unpaired) electrons. The van der Waals surface area contributed by atoms with Crippen LogP contribution in [0.4, 0.5) is 4.39 Å². The summed E-state index contributed by atoms with van der Waals surface area (Å²) in [6.07, 6.45) is -2.99. The van der Waals surface area contributed by atoms with Crippen molar-refractivity contribution in [3.05, 3.63) is 35.9 Å². The van der Waals surface area contributed by atoms with Gasteiger partial charge in [-0.05, 0) is 12.1 Å². The predicted octanol–water partition coefficient (Wildman–Crippen LogP) is 1.26. The lowest BCUT2D eigenvalue weighted by atomic mass is 10.1. The summed E-state index contributed by atoms with van der Waals surface area (Å²) in [7, 11) is 3.13. The van der Waals surface area contributed by atoms with Gasteiger partial charge in [-0.15, -0.1) is 8.86 Å². The van der Waals surface area contributed by atoms with Crippen LogP contribution in [-0.4, -0.2) is 48.0 Å². The molecule has 3 atom stereocenters. The third kappa shape index (κ3) is 3.18. The predicted molar refractivity (Wildman–Crippen MR) is 70.7 cm³/mol. The summed E-state index contributed by atoms with van der Waals surface area (Å²) in [4.78, 5) is 11.7. The first-order valence-corrected chi connectivity index (χ1v) is 6.34. The molecule has 1 fully saturated rings. The molecule has 0 amide bonds. The van der Waals surface area contributed by atoms with Gasteiger partial charge in [-0.2, -0.15) is 0 Å². The molecule has 1 aromatic carbocycles. The molecule has 19 heavy (non-hydrogen) atoms. The summed E-state index contributed by atoms with van der Waals surface area (Å²) in [5.41, 5.74) is 0.423. The molecule has 1 aliphatic rings. The monoisotopic (exact) mass is 284 g/mol. The van der Waals surface area contributed by atoms with Gasteiger partial charge in [0, 0.05) is 5.29 Å². The molecule has 1 aliphatic heterocycles. The molecule has 6 heteroatoms. The molecule has 102 valence electrons. The average molecular weight is 284 g/mol. The highest BCUT2D eigenvalue weighted by atomic mass is 31.0. The molecular weight excluding hydrogens is 270 g/mol. The van der Waals surface area contributed by atoms with Gasteiger partial charge in [0.1, 0.15) is 18.8 Å². The Balaban J connectivity index is 1.90. The fraction of sp³-hybridized carbons (Fsp3) is 0.385. The number of aliphatic hydroxyl groups excluding tert-OH is 1. The van der Waals surface area contributed by atoms with Gasteiger partial charge < -0.3 is 14.6 Å². The lowest BCUT2D eigenvalue weighted by molar-refractivity contribution is -0.0276. The summed E-state index contributed by atoms with van der Waals surface area (Å²) < 4.78 is 23.9. The van der Waals surface area contributed by atoms with E-state index in [0.717, 1.165) is 0 Å². The lowest BCUT2D eigenvalue weighted by Gasteiger charge is -2.12. The zero-order valence-corrected chi connectivity index (χ0v) is 11.1. The minimum absolute atomic E-state index is 0.0938. The van der Waals surface area contributed by atoms with Crippen molar-refractivity contribution in [3.63, 3.8) is 0 Å². The van der Waals surface area contributed by atoms with Crippen LogP contribution in [0.5, 0.6) is 0 Å². The van der Waals surface area contributed by atoms with Gasteiger partial charge >= 0.3 is 5.97 Å². The largest absolute Gasteiger partial charge is 0.459 e. The van der Waals surface area contributed by atoms with E-state index < -0.39 is 31.0 Å². The van der Waals surface area contributed by atoms with Gasteiger partial charge in [-0.1, -0.05) is 18.2 Å². The van der Waals surface area contributed by atoms with Gasteiger partial charge in [0.05, 0.1) is 12.2 Å². The van der Waals surface area contributed by atoms with Crippen LogP contribution in [0.3, 0.4) is 0 Å². The van der Waals surface area contributed by atoms with Crippen LogP contribution in [-0.2, 0) is 9.47 Å². The molecule has 1 unspecified atom stereocenters. The van der Waals surface area contributed by atoms with Crippen LogP contribution >= 0.6 is 8.86 Å². The Kier molecular flexibility index (Phi) is 4.64. The van der Waals surface area contributed by atoms with E-state index in [1.807, 2.05) is 0 Å². The molecule has 1 heterocycles. The molecule has 1 aromatic rings. The Labute approximate surface area is 112 Å². The molecule has 0 aromatic heterocycles. The molecular formula is C13H14FO4P. The van der Waals surface area contributed by atoms with Gasteiger partial charge in [-0.25, -0.2) is 9.18 Å². The first kappa shape index (κ1) is 14.1. The third-order valence-electron chi connectivity index (χ3n) is 2.86. The highest BCUT2D eigenvalue weighted by Crippen LogP contribution is 2.22. The van der Waals surface area contributed by atoms with Crippen molar-refractivity contribution in [1.29, 1.82) is 0 Å². The van der Waals surface area contributed by atoms with E-state index in [0.29, 0.717) is 5.56 Å². The average Bonchev–Trinajstić information content (AvgIpc) is 2.73. The van der Waals surface area contributed by atoms with Crippen LogP contribution in [0.2, 0.25) is 0 Å². The van der Waals surface area contributed by atoms with E-state index in [1.165, 1.54) is 0 Å². The smallest absolute Gasteiger partial charge is 0.338 e. The number of aliphatic hydroxyl groups is 1. The molecule has 0 aliphatic carbocycles. The normalized spacial score (nSPS) is 26.4. The number of hydrogen-bond donors (Lipinski definition) is 1. The molecule has 2 rings (SSSR count). The fourth-order valence-corrected chi connectivity index (χ4v) is 2.14. The van der Waals surface area contributed by atoms with Gasteiger partial charge in [0.2, 0.25) is 0 Å². The number of alkyl halides is 1. The maximum absolute atomic E-state index is 13.6. The van der Waals surface area contributed by atoms with E-state index in [1.54, 1.807) is 30.3 Å². The van der Waals surface area contributed by atoms with Crippen molar-refractivity contribution in [3.8, 4) is 0 Å². The second kappa shape index (κ2) is 6.24. The van der Waals surface area contributed by atoms with Crippen LogP contribution in [0.1, 0.15) is 10.4 Å². The highest BCUT2D eigenvalue weighted by Gasteiger charge is 2.39. The lowest BCUT2D eigenvalue weighted by Crippen LogP contribution is -2.26. The maximum atomic E-state index is 13.6. The number of carbonyl (C=O) groups excluding carboxylic acids is 1. The van der Waals surface area contributed by atoms with E-state index in [2.05, 4.69) is 8.86 Å². The van der Waals surface area contributed by atoms with Crippen LogP contribution in [0, 0.1) is 0 Å². The SMILES string of the molecule is O=C(OC[C@H]1OC(CO)[C@@H](F)C1=P)c1ccccc1. The summed E-state index contributed by atoms with van der Waals surface area (Å²) in [5, 5.41) is 9.17. The Morgan fingerprint density at radius 2 is 2.11 bits per heavy atom. The molecule has 1 N–H and O–H groups in total. The number of halogens is 1. The Hall–Kier alpha value is -1.29. The molecule has 1 saturated heterocycles. The van der Waals surface area contributed by atoms with Crippen molar-refractivity contribution in [2.45, 2.75) is 18.4 Å². The second-order valence-corrected chi connectivity index (χ2v) is 4.74. The number of benzene rings is 1. The minimum atomic E-state index is -1.40. The van der Waals surface area contributed by atoms with Crippen LogP contribution < -0.4 is 0 Å². The van der Waals surface area contributed by atoms with E-state index in [9.17, 15) is 9.18 Å². The first-order valence-electron chi connectivity index (χ1n) is 5.84. The Morgan fingerprint density at radius 1 is 1.42 bits per heavy atom. The quantitative estimate of drug-likeness (QED) is 0.668. The number of rotatable bonds is 4. The van der Waals surface area contributed by atoms with Gasteiger partial charge in [0.25, 0.3) is 0 Å². The summed E-state index contributed by atoms with van der Waals surface area (Å²) in [6.45, 7) is -0.512. The van der Waals surface area contributed by atoms with E-state index in [4.69, 9.17) is 14.6 Å². The molecule has 0 bridgehead atoms. The summed E-state index contributed by atoms with van der Waals surface area (Å²) in [6, 6.07) is 8.50.